The number of carbonyl (C=O) groups excluding carboxylic acids is 1. The smallest absolute Gasteiger partial charge is 0.243 e. The van der Waals surface area contributed by atoms with Gasteiger partial charge in [0.15, 0.2) is 0 Å². The fourth-order valence-corrected chi connectivity index (χ4v) is 3.25. The zero-order valence-corrected chi connectivity index (χ0v) is 18.0. The monoisotopic (exact) mass is 414 g/mol. The van der Waals surface area contributed by atoms with Gasteiger partial charge in [0.25, 0.3) is 0 Å². The van der Waals surface area contributed by atoms with E-state index in [0.717, 1.165) is 43.1 Å². The van der Waals surface area contributed by atoms with Gasteiger partial charge in [-0.3, -0.25) is 9.69 Å². The number of carbonyl (C=O) groups is 1. The molecule has 0 aliphatic rings. The maximum absolute atomic E-state index is 12.0. The van der Waals surface area contributed by atoms with Gasteiger partial charge >= 0.3 is 0 Å². The summed E-state index contributed by atoms with van der Waals surface area (Å²) < 4.78 is 5.94. The van der Waals surface area contributed by atoms with Crippen LogP contribution in [0.1, 0.15) is 24.5 Å². The van der Waals surface area contributed by atoms with E-state index in [-0.39, 0.29) is 5.91 Å². The number of para-hydroxylation sites is 1. The van der Waals surface area contributed by atoms with Crippen molar-refractivity contribution in [3.05, 3.63) is 102 Å². The standard InChI is InChI=1S/C27H30N2O2/c1-2-29(20-10-19-28-27(30)18-17-23-11-5-3-6-12-23)22-24-13-9-16-26(21-24)31-25-14-7-4-8-15-25/h3-9,11-18,21H,2,10,19-20,22H2,1H3,(H,28,30)/b18-17-. The summed E-state index contributed by atoms with van der Waals surface area (Å²) in [5.74, 6) is 1.62. The van der Waals surface area contributed by atoms with Crippen molar-refractivity contribution in [2.75, 3.05) is 19.6 Å². The number of nitrogens with zero attached hydrogens (tertiary/aromatic N) is 1. The molecule has 0 atom stereocenters. The second kappa shape index (κ2) is 12.4. The highest BCUT2D eigenvalue weighted by molar-refractivity contribution is 5.91. The van der Waals surface area contributed by atoms with Crippen LogP contribution in [0.25, 0.3) is 6.08 Å². The van der Waals surface area contributed by atoms with Crippen molar-refractivity contribution >= 4 is 12.0 Å². The summed E-state index contributed by atoms with van der Waals surface area (Å²) in [6.07, 6.45) is 4.32. The van der Waals surface area contributed by atoms with E-state index >= 15 is 0 Å². The normalized spacial score (nSPS) is 11.0. The van der Waals surface area contributed by atoms with E-state index in [1.54, 1.807) is 6.08 Å². The fraction of sp³-hybridized carbons (Fsp3) is 0.222. The lowest BCUT2D eigenvalue weighted by atomic mass is 10.2. The predicted molar refractivity (Wildman–Crippen MR) is 127 cm³/mol. The van der Waals surface area contributed by atoms with Crippen molar-refractivity contribution in [1.82, 2.24) is 10.2 Å². The largest absolute Gasteiger partial charge is 0.457 e. The molecule has 4 heteroatoms. The van der Waals surface area contributed by atoms with E-state index < -0.39 is 0 Å². The lowest BCUT2D eigenvalue weighted by Crippen LogP contribution is -2.29. The van der Waals surface area contributed by atoms with Crippen molar-refractivity contribution in [3.63, 3.8) is 0 Å². The molecule has 160 valence electrons. The zero-order valence-electron chi connectivity index (χ0n) is 18.0. The molecule has 0 aromatic heterocycles. The van der Waals surface area contributed by atoms with E-state index in [1.807, 2.05) is 78.9 Å². The average Bonchev–Trinajstić information content (AvgIpc) is 2.81. The predicted octanol–water partition coefficient (Wildman–Crippen LogP) is 5.52. The quantitative estimate of drug-likeness (QED) is 0.332. The molecule has 0 aliphatic heterocycles. The fourth-order valence-electron chi connectivity index (χ4n) is 3.25. The van der Waals surface area contributed by atoms with Crippen LogP contribution in [0.3, 0.4) is 0 Å². The minimum absolute atomic E-state index is 0.0577. The first-order valence-electron chi connectivity index (χ1n) is 10.8. The summed E-state index contributed by atoms with van der Waals surface area (Å²) in [7, 11) is 0. The van der Waals surface area contributed by atoms with Crippen LogP contribution in [0, 0.1) is 0 Å². The molecule has 0 saturated carbocycles. The van der Waals surface area contributed by atoms with E-state index in [9.17, 15) is 4.79 Å². The molecular formula is C27H30N2O2. The SMILES string of the molecule is CCN(CCCNC(=O)/C=C\c1ccccc1)Cc1cccc(Oc2ccccc2)c1. The van der Waals surface area contributed by atoms with Crippen LogP contribution < -0.4 is 10.1 Å². The number of rotatable bonds is 11. The number of amides is 1. The second-order valence-electron chi connectivity index (χ2n) is 7.32. The molecule has 31 heavy (non-hydrogen) atoms. The van der Waals surface area contributed by atoms with Crippen molar-refractivity contribution in [3.8, 4) is 11.5 Å². The van der Waals surface area contributed by atoms with Crippen molar-refractivity contribution in [1.29, 1.82) is 0 Å². The van der Waals surface area contributed by atoms with E-state index in [1.165, 1.54) is 5.56 Å². The Kier molecular flexibility index (Phi) is 8.89. The van der Waals surface area contributed by atoms with Gasteiger partial charge in [-0.25, -0.2) is 0 Å². The van der Waals surface area contributed by atoms with E-state index in [2.05, 4.69) is 29.3 Å². The minimum Gasteiger partial charge on any atom is -0.457 e. The Labute approximate surface area is 185 Å². The van der Waals surface area contributed by atoms with Crippen LogP contribution in [-0.4, -0.2) is 30.4 Å². The molecule has 1 amide bonds. The van der Waals surface area contributed by atoms with Gasteiger partial charge in [0, 0.05) is 25.7 Å². The van der Waals surface area contributed by atoms with Crippen LogP contribution in [0.5, 0.6) is 11.5 Å². The van der Waals surface area contributed by atoms with Gasteiger partial charge < -0.3 is 10.1 Å². The Morgan fingerprint density at radius 1 is 0.935 bits per heavy atom. The summed E-state index contributed by atoms with van der Waals surface area (Å²) >= 11 is 0. The molecule has 0 spiro atoms. The summed E-state index contributed by atoms with van der Waals surface area (Å²) in [5.41, 5.74) is 2.23. The Morgan fingerprint density at radius 2 is 1.65 bits per heavy atom. The Bertz CT molecular complexity index is 955. The second-order valence-corrected chi connectivity index (χ2v) is 7.32. The number of ether oxygens (including phenoxy) is 1. The molecule has 0 radical (unpaired) electrons. The molecule has 1 N–H and O–H groups in total. The molecule has 0 heterocycles. The van der Waals surface area contributed by atoms with Gasteiger partial charge in [0.05, 0.1) is 0 Å². The molecule has 0 saturated heterocycles. The van der Waals surface area contributed by atoms with E-state index in [0.29, 0.717) is 6.54 Å². The molecule has 0 aliphatic carbocycles. The van der Waals surface area contributed by atoms with Gasteiger partial charge in [-0.2, -0.15) is 0 Å². The highest BCUT2D eigenvalue weighted by Crippen LogP contribution is 2.22. The maximum atomic E-state index is 12.0. The zero-order chi connectivity index (χ0) is 21.7. The van der Waals surface area contributed by atoms with E-state index in [4.69, 9.17) is 4.74 Å². The number of hydrogen-bond acceptors (Lipinski definition) is 3. The molecular weight excluding hydrogens is 384 g/mol. The summed E-state index contributed by atoms with van der Waals surface area (Å²) in [5, 5.41) is 2.96. The van der Waals surface area contributed by atoms with Crippen LogP contribution in [0.15, 0.2) is 91.0 Å². The third-order valence-electron chi connectivity index (χ3n) is 4.91. The summed E-state index contributed by atoms with van der Waals surface area (Å²) in [6, 6.07) is 27.9. The topological polar surface area (TPSA) is 41.6 Å². The number of hydrogen-bond donors (Lipinski definition) is 1. The van der Waals surface area contributed by atoms with Crippen molar-refractivity contribution < 1.29 is 9.53 Å². The van der Waals surface area contributed by atoms with Gasteiger partial charge in [0.1, 0.15) is 11.5 Å². The molecule has 3 aromatic rings. The third-order valence-corrected chi connectivity index (χ3v) is 4.91. The highest BCUT2D eigenvalue weighted by Gasteiger charge is 2.06. The van der Waals surface area contributed by atoms with Crippen LogP contribution in [-0.2, 0) is 11.3 Å². The van der Waals surface area contributed by atoms with Crippen LogP contribution in [0.4, 0.5) is 0 Å². The lowest BCUT2D eigenvalue weighted by molar-refractivity contribution is -0.116. The van der Waals surface area contributed by atoms with Gasteiger partial charge in [0.2, 0.25) is 5.91 Å². The van der Waals surface area contributed by atoms with Gasteiger partial charge in [-0.15, -0.1) is 0 Å². The number of nitrogens with one attached hydrogen (secondary N) is 1. The minimum atomic E-state index is -0.0577. The molecule has 3 aromatic carbocycles. The van der Waals surface area contributed by atoms with Crippen LogP contribution in [0.2, 0.25) is 0 Å². The Hall–Kier alpha value is -3.37. The average molecular weight is 415 g/mol. The van der Waals surface area contributed by atoms with Gasteiger partial charge in [-0.1, -0.05) is 67.6 Å². The van der Waals surface area contributed by atoms with Gasteiger partial charge in [-0.05, 0) is 54.4 Å². The molecule has 0 bridgehead atoms. The molecule has 0 fully saturated rings. The summed E-state index contributed by atoms with van der Waals surface area (Å²) in [4.78, 5) is 14.4. The van der Waals surface area contributed by atoms with Crippen LogP contribution >= 0.6 is 0 Å². The lowest BCUT2D eigenvalue weighted by Gasteiger charge is -2.21. The Balaban J connectivity index is 1.41. The first-order chi connectivity index (χ1) is 15.2. The first kappa shape index (κ1) is 22.3. The Morgan fingerprint density at radius 3 is 2.39 bits per heavy atom. The highest BCUT2D eigenvalue weighted by atomic mass is 16.5. The molecule has 3 rings (SSSR count). The molecule has 4 nitrogen and oxygen atoms in total. The maximum Gasteiger partial charge on any atom is 0.243 e. The molecule has 0 unspecified atom stereocenters. The first-order valence-corrected chi connectivity index (χ1v) is 10.8. The van der Waals surface area contributed by atoms with Crippen molar-refractivity contribution in [2.45, 2.75) is 19.9 Å². The van der Waals surface area contributed by atoms with Crippen molar-refractivity contribution in [2.24, 2.45) is 0 Å². The third kappa shape index (κ3) is 8.11. The summed E-state index contributed by atoms with van der Waals surface area (Å²) in [6.45, 7) is 5.54. The number of benzene rings is 3.